The van der Waals surface area contributed by atoms with Crippen LogP contribution in [0.25, 0.3) is 0 Å². The lowest BCUT2D eigenvalue weighted by Gasteiger charge is -2.27. The smallest absolute Gasteiger partial charge is 0.251 e. The number of hydrogen-bond acceptors (Lipinski definition) is 5. The molecule has 0 bridgehead atoms. The van der Waals surface area contributed by atoms with Crippen LogP contribution in [0.1, 0.15) is 15.9 Å². The zero-order chi connectivity index (χ0) is 20.1. The highest BCUT2D eigenvalue weighted by molar-refractivity contribution is 7.89. The largest absolute Gasteiger partial charge is 0.379 e. The number of ether oxygens (including phenoxy) is 1. The SMILES string of the molecule is CN(C)c1cccc(C(=O)NCc2ccccc2S(=O)(=O)N2CCOCC2)c1. The monoisotopic (exact) mass is 403 g/mol. The summed E-state index contributed by atoms with van der Waals surface area (Å²) in [5.41, 5.74) is 2.01. The van der Waals surface area contributed by atoms with Gasteiger partial charge in [0, 0.05) is 45.0 Å². The number of nitrogens with zero attached hydrogens (tertiary/aromatic N) is 2. The standard InChI is InChI=1S/C20H25N3O4S/c1-22(2)18-8-5-7-16(14-18)20(24)21-15-17-6-3-4-9-19(17)28(25,26)23-10-12-27-13-11-23/h3-9,14H,10-13,15H2,1-2H3,(H,21,24). The first kappa shape index (κ1) is 20.3. The van der Waals surface area contributed by atoms with Crippen molar-refractivity contribution >= 4 is 21.6 Å². The molecule has 0 radical (unpaired) electrons. The summed E-state index contributed by atoms with van der Waals surface area (Å²) < 4.78 is 32.7. The number of benzene rings is 2. The molecular formula is C20H25N3O4S. The zero-order valence-electron chi connectivity index (χ0n) is 16.1. The molecule has 0 saturated carbocycles. The molecule has 1 aliphatic heterocycles. The third-order valence-corrected chi connectivity index (χ3v) is 6.62. The molecule has 1 saturated heterocycles. The highest BCUT2D eigenvalue weighted by Gasteiger charge is 2.28. The first-order chi connectivity index (χ1) is 13.4. The quantitative estimate of drug-likeness (QED) is 0.794. The van der Waals surface area contributed by atoms with Gasteiger partial charge in [-0.15, -0.1) is 0 Å². The van der Waals surface area contributed by atoms with Crippen LogP contribution in [0.2, 0.25) is 0 Å². The molecule has 1 heterocycles. The first-order valence-electron chi connectivity index (χ1n) is 9.11. The number of nitrogens with one attached hydrogen (secondary N) is 1. The van der Waals surface area contributed by atoms with E-state index in [1.807, 2.05) is 31.1 Å². The molecule has 3 rings (SSSR count). The van der Waals surface area contributed by atoms with Gasteiger partial charge in [-0.05, 0) is 29.8 Å². The molecule has 2 aromatic rings. The van der Waals surface area contributed by atoms with Crippen LogP contribution in [0.15, 0.2) is 53.4 Å². The van der Waals surface area contributed by atoms with Gasteiger partial charge in [0.05, 0.1) is 18.1 Å². The summed E-state index contributed by atoms with van der Waals surface area (Å²) in [5, 5.41) is 2.83. The fourth-order valence-corrected chi connectivity index (χ4v) is 4.66. The van der Waals surface area contributed by atoms with E-state index in [1.54, 1.807) is 36.4 Å². The molecule has 1 amide bonds. The molecule has 1 N–H and O–H groups in total. The van der Waals surface area contributed by atoms with Crippen LogP contribution in [0, 0.1) is 0 Å². The Hall–Kier alpha value is -2.42. The lowest BCUT2D eigenvalue weighted by molar-refractivity contribution is 0.0730. The van der Waals surface area contributed by atoms with Gasteiger partial charge in [0.15, 0.2) is 0 Å². The van der Waals surface area contributed by atoms with Crippen molar-refractivity contribution in [3.05, 3.63) is 59.7 Å². The van der Waals surface area contributed by atoms with Gasteiger partial charge in [-0.1, -0.05) is 24.3 Å². The van der Waals surface area contributed by atoms with E-state index >= 15 is 0 Å². The van der Waals surface area contributed by atoms with E-state index < -0.39 is 10.0 Å². The maximum absolute atomic E-state index is 13.0. The van der Waals surface area contributed by atoms with E-state index in [2.05, 4.69) is 5.32 Å². The number of amides is 1. The molecule has 7 nitrogen and oxygen atoms in total. The molecule has 2 aromatic carbocycles. The minimum absolute atomic E-state index is 0.130. The fourth-order valence-electron chi connectivity index (χ4n) is 3.03. The van der Waals surface area contributed by atoms with Gasteiger partial charge >= 0.3 is 0 Å². The molecular weight excluding hydrogens is 378 g/mol. The van der Waals surface area contributed by atoms with Gasteiger partial charge in [0.2, 0.25) is 10.0 Å². The van der Waals surface area contributed by atoms with E-state index in [9.17, 15) is 13.2 Å². The van der Waals surface area contributed by atoms with E-state index in [4.69, 9.17) is 4.74 Å². The number of anilines is 1. The summed E-state index contributed by atoms with van der Waals surface area (Å²) in [6.45, 7) is 1.58. The highest BCUT2D eigenvalue weighted by atomic mass is 32.2. The summed E-state index contributed by atoms with van der Waals surface area (Å²) in [6, 6.07) is 14.0. The predicted octanol–water partition coefficient (Wildman–Crippen LogP) is 1.70. The Morgan fingerprint density at radius 3 is 2.54 bits per heavy atom. The number of carbonyl (C=O) groups is 1. The van der Waals surface area contributed by atoms with Gasteiger partial charge in [-0.2, -0.15) is 4.31 Å². The zero-order valence-corrected chi connectivity index (χ0v) is 16.9. The molecule has 150 valence electrons. The maximum Gasteiger partial charge on any atom is 0.251 e. The highest BCUT2D eigenvalue weighted by Crippen LogP contribution is 2.21. The van der Waals surface area contributed by atoms with Gasteiger partial charge in [-0.25, -0.2) is 8.42 Å². The van der Waals surface area contributed by atoms with Crippen LogP contribution >= 0.6 is 0 Å². The van der Waals surface area contributed by atoms with Crippen molar-refractivity contribution in [1.82, 2.24) is 9.62 Å². The van der Waals surface area contributed by atoms with Crippen LogP contribution < -0.4 is 10.2 Å². The van der Waals surface area contributed by atoms with Crippen LogP contribution in [0.4, 0.5) is 5.69 Å². The number of carbonyl (C=O) groups excluding carboxylic acids is 1. The maximum atomic E-state index is 13.0. The third kappa shape index (κ3) is 4.52. The van der Waals surface area contributed by atoms with Crippen molar-refractivity contribution in [2.75, 3.05) is 45.3 Å². The van der Waals surface area contributed by atoms with E-state index in [0.29, 0.717) is 37.4 Å². The van der Waals surface area contributed by atoms with Crippen molar-refractivity contribution in [2.45, 2.75) is 11.4 Å². The average molecular weight is 404 g/mol. The first-order valence-corrected chi connectivity index (χ1v) is 10.5. The van der Waals surface area contributed by atoms with Gasteiger partial charge < -0.3 is 15.0 Å². The Morgan fingerprint density at radius 1 is 1.11 bits per heavy atom. The molecule has 8 heteroatoms. The Balaban J connectivity index is 1.77. The summed E-state index contributed by atoms with van der Waals surface area (Å²) in [5.74, 6) is -0.248. The summed E-state index contributed by atoms with van der Waals surface area (Å²) in [6.07, 6.45) is 0. The third-order valence-electron chi connectivity index (χ3n) is 4.62. The Kier molecular flexibility index (Phi) is 6.33. The normalized spacial score (nSPS) is 15.2. The van der Waals surface area contributed by atoms with Crippen molar-refractivity contribution in [2.24, 2.45) is 0 Å². The minimum Gasteiger partial charge on any atom is -0.379 e. The van der Waals surface area contributed by atoms with Crippen LogP contribution in [-0.2, 0) is 21.3 Å². The molecule has 1 fully saturated rings. The van der Waals surface area contributed by atoms with Crippen molar-refractivity contribution < 1.29 is 17.9 Å². The summed E-state index contributed by atoms with van der Waals surface area (Å²) >= 11 is 0. The number of rotatable bonds is 6. The average Bonchev–Trinajstić information content (AvgIpc) is 2.73. The summed E-state index contributed by atoms with van der Waals surface area (Å²) in [7, 11) is 0.185. The Bertz CT molecular complexity index is 938. The van der Waals surface area contributed by atoms with Gasteiger partial charge in [0.25, 0.3) is 5.91 Å². The van der Waals surface area contributed by atoms with E-state index in [-0.39, 0.29) is 17.3 Å². The van der Waals surface area contributed by atoms with E-state index in [1.165, 1.54) is 4.31 Å². The molecule has 0 atom stereocenters. The second kappa shape index (κ2) is 8.72. The Labute approximate surface area is 166 Å². The van der Waals surface area contributed by atoms with Crippen LogP contribution in [0.5, 0.6) is 0 Å². The molecule has 0 spiro atoms. The number of sulfonamides is 1. The Morgan fingerprint density at radius 2 is 1.82 bits per heavy atom. The lowest BCUT2D eigenvalue weighted by atomic mass is 10.1. The van der Waals surface area contributed by atoms with E-state index in [0.717, 1.165) is 5.69 Å². The fraction of sp³-hybridized carbons (Fsp3) is 0.350. The van der Waals surface area contributed by atoms with Crippen molar-refractivity contribution in [3.63, 3.8) is 0 Å². The predicted molar refractivity (Wildman–Crippen MR) is 108 cm³/mol. The molecule has 0 unspecified atom stereocenters. The van der Waals surface area contributed by atoms with Crippen molar-refractivity contribution in [3.8, 4) is 0 Å². The second-order valence-electron chi connectivity index (χ2n) is 6.75. The number of hydrogen-bond donors (Lipinski definition) is 1. The van der Waals surface area contributed by atoms with Gasteiger partial charge in [0.1, 0.15) is 0 Å². The van der Waals surface area contributed by atoms with Crippen LogP contribution in [0.3, 0.4) is 0 Å². The second-order valence-corrected chi connectivity index (χ2v) is 8.66. The molecule has 1 aliphatic rings. The molecule has 0 aromatic heterocycles. The topological polar surface area (TPSA) is 79.0 Å². The lowest BCUT2D eigenvalue weighted by Crippen LogP contribution is -2.41. The van der Waals surface area contributed by atoms with Gasteiger partial charge in [-0.3, -0.25) is 4.79 Å². The summed E-state index contributed by atoms with van der Waals surface area (Å²) in [4.78, 5) is 14.7. The van der Waals surface area contributed by atoms with Crippen molar-refractivity contribution in [1.29, 1.82) is 0 Å². The number of morpholine rings is 1. The minimum atomic E-state index is -3.63. The molecule has 0 aliphatic carbocycles. The molecule has 28 heavy (non-hydrogen) atoms. The van der Waals surface area contributed by atoms with Crippen LogP contribution in [-0.4, -0.2) is 59.0 Å².